The molecule has 0 atom stereocenters. The molecule has 0 heterocycles. The summed E-state index contributed by atoms with van der Waals surface area (Å²) < 4.78 is 18.2. The molecule has 0 radical (unpaired) electrons. The van der Waals surface area contributed by atoms with Crippen LogP contribution >= 0.6 is 11.6 Å². The van der Waals surface area contributed by atoms with Gasteiger partial charge >= 0.3 is 12.0 Å². The van der Waals surface area contributed by atoms with Gasteiger partial charge in [-0.05, 0) is 23.8 Å². The Morgan fingerprint density at radius 3 is 2.48 bits per heavy atom. The normalized spacial score (nSPS) is 10.0. The van der Waals surface area contributed by atoms with Crippen LogP contribution in [0.25, 0.3) is 0 Å². The third-order valence-corrected chi connectivity index (χ3v) is 3.27. The van der Waals surface area contributed by atoms with Gasteiger partial charge in [0.25, 0.3) is 5.91 Å². The molecule has 0 saturated heterocycles. The maximum atomic E-state index is 13.5. The van der Waals surface area contributed by atoms with E-state index in [2.05, 4.69) is 10.1 Å². The van der Waals surface area contributed by atoms with Crippen molar-refractivity contribution in [3.63, 3.8) is 0 Å². The van der Waals surface area contributed by atoms with E-state index in [-0.39, 0.29) is 17.1 Å². The minimum absolute atomic E-state index is 0.127. The molecule has 130 valence electrons. The van der Waals surface area contributed by atoms with Crippen molar-refractivity contribution >= 4 is 29.5 Å². The molecule has 6 nitrogen and oxygen atoms in total. The Bertz CT molecular complexity index is 783. The molecule has 0 aliphatic heterocycles. The Hall–Kier alpha value is -2.93. The van der Waals surface area contributed by atoms with Gasteiger partial charge in [-0.3, -0.25) is 10.1 Å². The topological polar surface area (TPSA) is 84.5 Å². The molecule has 2 aromatic rings. The fraction of sp³-hybridized carbons (Fsp3) is 0.118. The lowest BCUT2D eigenvalue weighted by Crippen LogP contribution is -2.41. The lowest BCUT2D eigenvalue weighted by molar-refractivity contribution is -0.123. The zero-order valence-corrected chi connectivity index (χ0v) is 13.7. The zero-order valence-electron chi connectivity index (χ0n) is 12.9. The van der Waals surface area contributed by atoms with E-state index in [1.54, 1.807) is 0 Å². The highest BCUT2D eigenvalue weighted by molar-refractivity contribution is 6.30. The van der Waals surface area contributed by atoms with Gasteiger partial charge in [0.15, 0.2) is 6.61 Å². The van der Waals surface area contributed by atoms with Gasteiger partial charge < -0.3 is 10.1 Å². The summed E-state index contributed by atoms with van der Waals surface area (Å²) in [5, 5.41) is 4.60. The standard InChI is InChI=1S/C17H14ClFN2O4/c18-12-6-7-13(14(19)8-12)16(23)25-10-15(22)21-17(24)20-9-11-4-2-1-3-5-11/h1-8H,9-10H2,(H2,20,21,22,24). The molecule has 0 aliphatic carbocycles. The summed E-state index contributed by atoms with van der Waals surface area (Å²) in [5.74, 6) is -2.74. The summed E-state index contributed by atoms with van der Waals surface area (Å²) in [6.45, 7) is -0.491. The molecule has 2 N–H and O–H groups in total. The van der Waals surface area contributed by atoms with Crippen molar-refractivity contribution in [2.24, 2.45) is 0 Å². The van der Waals surface area contributed by atoms with E-state index in [1.807, 2.05) is 35.6 Å². The Morgan fingerprint density at radius 1 is 1.08 bits per heavy atom. The number of halogens is 2. The fourth-order valence-electron chi connectivity index (χ4n) is 1.85. The number of nitrogens with one attached hydrogen (secondary N) is 2. The van der Waals surface area contributed by atoms with Gasteiger partial charge in [-0.2, -0.15) is 0 Å². The molecule has 25 heavy (non-hydrogen) atoms. The van der Waals surface area contributed by atoms with Crippen molar-refractivity contribution in [1.82, 2.24) is 10.6 Å². The van der Waals surface area contributed by atoms with Crippen LogP contribution in [-0.4, -0.2) is 24.5 Å². The Morgan fingerprint density at radius 2 is 1.80 bits per heavy atom. The van der Waals surface area contributed by atoms with E-state index in [0.717, 1.165) is 17.7 Å². The second-order valence-electron chi connectivity index (χ2n) is 4.92. The van der Waals surface area contributed by atoms with Crippen LogP contribution in [0, 0.1) is 5.82 Å². The molecule has 0 bridgehead atoms. The second-order valence-corrected chi connectivity index (χ2v) is 5.35. The van der Waals surface area contributed by atoms with E-state index in [4.69, 9.17) is 11.6 Å². The van der Waals surface area contributed by atoms with Crippen molar-refractivity contribution in [3.8, 4) is 0 Å². The van der Waals surface area contributed by atoms with Crippen molar-refractivity contribution in [2.45, 2.75) is 6.54 Å². The molecular weight excluding hydrogens is 351 g/mol. The van der Waals surface area contributed by atoms with Gasteiger partial charge in [-0.1, -0.05) is 41.9 Å². The number of carbonyl (C=O) groups is 3. The Labute approximate surface area is 147 Å². The van der Waals surface area contributed by atoms with Gasteiger partial charge in [-0.15, -0.1) is 0 Å². The van der Waals surface area contributed by atoms with Crippen LogP contribution in [-0.2, 0) is 16.1 Å². The quantitative estimate of drug-likeness (QED) is 0.799. The molecule has 3 amide bonds. The third-order valence-electron chi connectivity index (χ3n) is 3.03. The summed E-state index contributed by atoms with van der Waals surface area (Å²) in [7, 11) is 0. The Kier molecular flexibility index (Phi) is 6.47. The summed E-state index contributed by atoms with van der Waals surface area (Å²) in [5.41, 5.74) is 0.500. The highest BCUT2D eigenvalue weighted by Crippen LogP contribution is 2.15. The number of carbonyl (C=O) groups excluding carboxylic acids is 3. The van der Waals surface area contributed by atoms with Gasteiger partial charge in [0.05, 0.1) is 5.56 Å². The molecule has 0 spiro atoms. The number of imide groups is 1. The molecule has 0 unspecified atom stereocenters. The lowest BCUT2D eigenvalue weighted by atomic mass is 10.2. The highest BCUT2D eigenvalue weighted by Gasteiger charge is 2.16. The molecule has 0 aromatic heterocycles. The molecule has 8 heteroatoms. The first kappa shape index (κ1) is 18.4. The molecule has 0 saturated carbocycles. The summed E-state index contributed by atoms with van der Waals surface area (Å²) in [6.07, 6.45) is 0. The SMILES string of the molecule is O=C(COC(=O)c1ccc(Cl)cc1F)NC(=O)NCc1ccccc1. The smallest absolute Gasteiger partial charge is 0.341 e. The molecule has 2 rings (SSSR count). The van der Waals surface area contributed by atoms with E-state index < -0.39 is 30.3 Å². The van der Waals surface area contributed by atoms with Gasteiger partial charge in [0, 0.05) is 11.6 Å². The summed E-state index contributed by atoms with van der Waals surface area (Å²) in [4.78, 5) is 34.8. The number of benzene rings is 2. The number of rotatable bonds is 5. The molecule has 0 aliphatic rings. The predicted molar refractivity (Wildman–Crippen MR) is 88.5 cm³/mol. The van der Waals surface area contributed by atoms with E-state index in [0.29, 0.717) is 0 Å². The van der Waals surface area contributed by atoms with Crippen LogP contribution in [0.3, 0.4) is 0 Å². The molecule has 0 fully saturated rings. The minimum Gasteiger partial charge on any atom is -0.452 e. The Balaban J connectivity index is 1.76. The number of urea groups is 1. The van der Waals surface area contributed by atoms with Crippen LogP contribution in [0.1, 0.15) is 15.9 Å². The average molecular weight is 365 g/mol. The number of hydrogen-bond donors (Lipinski definition) is 2. The van der Waals surface area contributed by atoms with Crippen molar-refractivity contribution in [1.29, 1.82) is 0 Å². The maximum Gasteiger partial charge on any atom is 0.341 e. The van der Waals surface area contributed by atoms with E-state index >= 15 is 0 Å². The van der Waals surface area contributed by atoms with E-state index in [1.165, 1.54) is 6.07 Å². The summed E-state index contributed by atoms with van der Waals surface area (Å²) in [6, 6.07) is 11.8. The first-order chi connectivity index (χ1) is 12.0. The number of ether oxygens (including phenoxy) is 1. The van der Waals surface area contributed by atoms with Crippen LogP contribution in [0.15, 0.2) is 48.5 Å². The van der Waals surface area contributed by atoms with Gasteiger partial charge in [0.2, 0.25) is 0 Å². The van der Waals surface area contributed by atoms with Crippen LogP contribution < -0.4 is 10.6 Å². The van der Waals surface area contributed by atoms with Crippen molar-refractivity contribution < 1.29 is 23.5 Å². The van der Waals surface area contributed by atoms with Crippen LogP contribution in [0.2, 0.25) is 5.02 Å². The first-order valence-corrected chi connectivity index (χ1v) is 7.57. The largest absolute Gasteiger partial charge is 0.452 e. The molecular formula is C17H14ClFN2O4. The van der Waals surface area contributed by atoms with Gasteiger partial charge in [-0.25, -0.2) is 14.0 Å². The third kappa shape index (κ3) is 5.89. The van der Waals surface area contributed by atoms with Crippen LogP contribution in [0.4, 0.5) is 9.18 Å². The summed E-state index contributed by atoms with van der Waals surface area (Å²) >= 11 is 5.58. The number of hydrogen-bond acceptors (Lipinski definition) is 4. The first-order valence-electron chi connectivity index (χ1n) is 7.19. The molecule has 2 aromatic carbocycles. The monoisotopic (exact) mass is 364 g/mol. The lowest BCUT2D eigenvalue weighted by Gasteiger charge is -2.08. The van der Waals surface area contributed by atoms with Crippen LogP contribution in [0.5, 0.6) is 0 Å². The van der Waals surface area contributed by atoms with Gasteiger partial charge in [0.1, 0.15) is 5.82 Å². The van der Waals surface area contributed by atoms with E-state index in [9.17, 15) is 18.8 Å². The number of amides is 3. The highest BCUT2D eigenvalue weighted by atomic mass is 35.5. The predicted octanol–water partition coefficient (Wildman–Crippen LogP) is 2.66. The second kappa shape index (κ2) is 8.79. The minimum atomic E-state index is -1.03. The average Bonchev–Trinajstić information content (AvgIpc) is 2.59. The maximum absolute atomic E-state index is 13.5. The zero-order chi connectivity index (χ0) is 18.2. The number of esters is 1. The van der Waals surface area contributed by atoms with Crippen molar-refractivity contribution in [3.05, 3.63) is 70.5 Å². The van der Waals surface area contributed by atoms with Crippen molar-refractivity contribution in [2.75, 3.05) is 6.61 Å². The fourth-order valence-corrected chi connectivity index (χ4v) is 2.01.